The van der Waals surface area contributed by atoms with Crippen molar-refractivity contribution >= 4 is 62.1 Å². The lowest BCUT2D eigenvalue weighted by Crippen LogP contribution is -2.28. The molecule has 0 amide bonds. The lowest BCUT2D eigenvalue weighted by molar-refractivity contribution is 0.0971. The molecule has 3 heterocycles. The van der Waals surface area contributed by atoms with E-state index in [1.807, 2.05) is 23.7 Å². The maximum atomic E-state index is 12.8. The minimum atomic E-state index is 0.132. The largest absolute Gasteiger partial charge is 0.340 e. The Bertz CT molecular complexity index is 1300. The number of halogens is 1. The predicted molar refractivity (Wildman–Crippen MR) is 139 cm³/mol. The highest BCUT2D eigenvalue weighted by Crippen LogP contribution is 2.28. The van der Waals surface area contributed by atoms with E-state index in [1.54, 1.807) is 41.8 Å². The molecule has 7 nitrogen and oxygen atoms in total. The Morgan fingerprint density at radius 3 is 2.85 bits per heavy atom. The van der Waals surface area contributed by atoms with Crippen LogP contribution < -0.4 is 16.0 Å². The van der Waals surface area contributed by atoms with Crippen molar-refractivity contribution in [1.82, 2.24) is 20.3 Å². The van der Waals surface area contributed by atoms with Gasteiger partial charge in [0.25, 0.3) is 0 Å². The summed E-state index contributed by atoms with van der Waals surface area (Å²) in [7, 11) is 0. The Morgan fingerprint density at radius 2 is 1.97 bits per heavy atom. The predicted octanol–water partition coefficient (Wildman–Crippen LogP) is 6.19. The van der Waals surface area contributed by atoms with Crippen LogP contribution in [0.5, 0.6) is 0 Å². The molecule has 1 aliphatic rings. The molecule has 34 heavy (non-hydrogen) atoms. The van der Waals surface area contributed by atoms with Crippen LogP contribution in [-0.4, -0.2) is 33.8 Å². The summed E-state index contributed by atoms with van der Waals surface area (Å²) in [4.78, 5) is 26.0. The van der Waals surface area contributed by atoms with E-state index in [0.717, 1.165) is 48.3 Å². The van der Waals surface area contributed by atoms with Gasteiger partial charge in [-0.25, -0.2) is 9.97 Å². The van der Waals surface area contributed by atoms with Crippen molar-refractivity contribution in [3.8, 4) is 0 Å². The number of carbonyl (C=O) groups excluding carboxylic acids is 1. The average molecular weight is 493 g/mol. The lowest BCUT2D eigenvalue weighted by atomic mass is 9.91. The number of thiazole rings is 1. The summed E-state index contributed by atoms with van der Waals surface area (Å²) in [6.07, 6.45) is 5.42. The number of rotatable bonds is 8. The average Bonchev–Trinajstić information content (AvgIpc) is 3.33. The zero-order chi connectivity index (χ0) is 23.3. The molecule has 1 fully saturated rings. The maximum Gasteiger partial charge on any atom is 0.229 e. The molecule has 1 saturated heterocycles. The Kier molecular flexibility index (Phi) is 6.99. The van der Waals surface area contributed by atoms with Crippen molar-refractivity contribution < 1.29 is 4.79 Å². The van der Waals surface area contributed by atoms with Crippen LogP contribution in [0.1, 0.15) is 36.0 Å². The summed E-state index contributed by atoms with van der Waals surface area (Å²) in [5.74, 6) is 1.79. The van der Waals surface area contributed by atoms with Crippen LogP contribution in [0.25, 0.3) is 10.2 Å². The summed E-state index contributed by atoms with van der Waals surface area (Å²) in [6, 6.07) is 13.1. The van der Waals surface area contributed by atoms with E-state index in [9.17, 15) is 4.79 Å². The molecule has 0 bridgehead atoms. The van der Waals surface area contributed by atoms with Gasteiger partial charge in [-0.3, -0.25) is 4.79 Å². The van der Waals surface area contributed by atoms with Gasteiger partial charge in [0.05, 0.1) is 26.4 Å². The van der Waals surface area contributed by atoms with Gasteiger partial charge in [0.15, 0.2) is 5.78 Å². The molecule has 0 radical (unpaired) electrons. The van der Waals surface area contributed by atoms with E-state index in [0.29, 0.717) is 40.4 Å². The van der Waals surface area contributed by atoms with E-state index in [-0.39, 0.29) is 5.78 Å². The van der Waals surface area contributed by atoms with E-state index >= 15 is 0 Å². The smallest absolute Gasteiger partial charge is 0.229 e. The number of nitrogens with one attached hydrogen (secondary N) is 3. The number of ketones is 1. The monoisotopic (exact) mass is 492 g/mol. The van der Waals surface area contributed by atoms with E-state index in [4.69, 9.17) is 11.6 Å². The molecule has 0 atom stereocenters. The molecular formula is C25H25ClN6OS. The third kappa shape index (κ3) is 5.52. The molecule has 0 unspecified atom stereocenters. The molecule has 2 aromatic carbocycles. The topological polar surface area (TPSA) is 91.8 Å². The Labute approximate surface area is 207 Å². The number of hydrogen-bond acceptors (Lipinski definition) is 8. The van der Waals surface area contributed by atoms with Gasteiger partial charge in [0, 0.05) is 23.9 Å². The molecule has 3 N–H and O–H groups in total. The van der Waals surface area contributed by atoms with Gasteiger partial charge in [0.1, 0.15) is 5.82 Å². The number of hydrogen-bond donors (Lipinski definition) is 3. The van der Waals surface area contributed by atoms with Crippen LogP contribution >= 0.6 is 22.9 Å². The fourth-order valence-corrected chi connectivity index (χ4v) is 5.02. The second-order valence-electron chi connectivity index (χ2n) is 8.40. The highest BCUT2D eigenvalue weighted by Gasteiger charge is 2.16. The molecule has 9 heteroatoms. The van der Waals surface area contributed by atoms with Crippen LogP contribution in [0.15, 0.2) is 54.2 Å². The number of fused-ring (bicyclic) bond motifs is 1. The zero-order valence-corrected chi connectivity index (χ0v) is 20.1. The Hall–Kier alpha value is -3.07. The van der Waals surface area contributed by atoms with E-state index in [1.165, 1.54) is 0 Å². The van der Waals surface area contributed by atoms with Gasteiger partial charge >= 0.3 is 0 Å². The maximum absolute atomic E-state index is 12.8. The molecule has 174 valence electrons. The number of piperidine rings is 1. The van der Waals surface area contributed by atoms with Gasteiger partial charge < -0.3 is 16.0 Å². The highest BCUT2D eigenvalue weighted by molar-refractivity contribution is 7.16. The van der Waals surface area contributed by atoms with Crippen molar-refractivity contribution in [3.05, 3.63) is 64.8 Å². The van der Waals surface area contributed by atoms with Gasteiger partial charge in [-0.15, -0.1) is 11.3 Å². The van der Waals surface area contributed by atoms with Crippen molar-refractivity contribution in [2.45, 2.75) is 25.7 Å². The van der Waals surface area contributed by atoms with Crippen LogP contribution in [-0.2, 0) is 0 Å². The summed E-state index contributed by atoms with van der Waals surface area (Å²) in [5, 5.41) is 10.3. The number of benzene rings is 2. The second kappa shape index (κ2) is 10.5. The number of aromatic nitrogens is 3. The highest BCUT2D eigenvalue weighted by atomic mass is 35.5. The standard InChI is InChI=1S/C25H25ClN6OS/c26-19-4-2-17(22(33)6-1-16-7-10-27-11-8-16)13-21(19)31-25-28-12-9-24(32-25)30-18-3-5-20-23(14-18)34-15-29-20/h2-5,9,12-16,27H,1,6-8,10-11H2,(H2,28,30,31,32). The lowest BCUT2D eigenvalue weighted by Gasteiger charge is -2.22. The first-order valence-corrected chi connectivity index (χ1v) is 12.6. The quantitative estimate of drug-likeness (QED) is 0.252. The number of nitrogens with zero attached hydrogens (tertiary/aromatic N) is 3. The number of anilines is 4. The molecule has 2 aromatic heterocycles. The van der Waals surface area contributed by atoms with Crippen molar-refractivity contribution in [2.75, 3.05) is 23.7 Å². The number of Topliss-reactive ketones (excluding diaryl/α,β-unsaturated/α-hetero) is 1. The van der Waals surface area contributed by atoms with Crippen LogP contribution in [0.2, 0.25) is 5.02 Å². The zero-order valence-electron chi connectivity index (χ0n) is 18.6. The van der Waals surface area contributed by atoms with Crippen molar-refractivity contribution in [3.63, 3.8) is 0 Å². The minimum Gasteiger partial charge on any atom is -0.340 e. The molecule has 4 aromatic rings. The van der Waals surface area contributed by atoms with E-state index < -0.39 is 0 Å². The van der Waals surface area contributed by atoms with Gasteiger partial charge in [-0.2, -0.15) is 4.98 Å². The third-order valence-corrected chi connectivity index (χ3v) is 7.15. The Balaban J connectivity index is 1.26. The first kappa shape index (κ1) is 22.7. The Morgan fingerprint density at radius 1 is 1.09 bits per heavy atom. The summed E-state index contributed by atoms with van der Waals surface area (Å²) in [5.41, 5.74) is 4.98. The third-order valence-electron chi connectivity index (χ3n) is 6.03. The van der Waals surface area contributed by atoms with Crippen LogP contribution in [0.3, 0.4) is 0 Å². The molecule has 0 saturated carbocycles. The second-order valence-corrected chi connectivity index (χ2v) is 9.69. The molecule has 1 aliphatic heterocycles. The molecular weight excluding hydrogens is 468 g/mol. The summed E-state index contributed by atoms with van der Waals surface area (Å²) >= 11 is 8.00. The fourth-order valence-electron chi connectivity index (χ4n) is 4.13. The first-order chi connectivity index (χ1) is 16.6. The van der Waals surface area contributed by atoms with E-state index in [2.05, 4.69) is 30.9 Å². The SMILES string of the molecule is O=C(CCC1CCNCC1)c1ccc(Cl)c(Nc2nccc(Nc3ccc4ncsc4c3)n2)c1. The minimum absolute atomic E-state index is 0.132. The van der Waals surface area contributed by atoms with Crippen molar-refractivity contribution in [2.24, 2.45) is 5.92 Å². The van der Waals surface area contributed by atoms with Gasteiger partial charge in [-0.1, -0.05) is 11.6 Å². The summed E-state index contributed by atoms with van der Waals surface area (Å²) < 4.78 is 1.10. The molecule has 5 rings (SSSR count). The number of carbonyl (C=O) groups is 1. The van der Waals surface area contributed by atoms with Crippen LogP contribution in [0, 0.1) is 5.92 Å². The molecule has 0 spiro atoms. The van der Waals surface area contributed by atoms with Crippen molar-refractivity contribution in [1.29, 1.82) is 0 Å². The molecule has 0 aliphatic carbocycles. The van der Waals surface area contributed by atoms with Crippen LogP contribution in [0.4, 0.5) is 23.1 Å². The summed E-state index contributed by atoms with van der Waals surface area (Å²) in [6.45, 7) is 2.09. The normalized spacial score (nSPS) is 14.3. The van der Waals surface area contributed by atoms with Gasteiger partial charge in [0.2, 0.25) is 5.95 Å². The fraction of sp³-hybridized carbons (Fsp3) is 0.280. The first-order valence-electron chi connectivity index (χ1n) is 11.4. The van der Waals surface area contributed by atoms with Gasteiger partial charge in [-0.05, 0) is 80.7 Å².